The van der Waals surface area contributed by atoms with Gasteiger partial charge in [0.2, 0.25) is 11.8 Å². The molecule has 1 aliphatic rings. The molecule has 0 spiro atoms. The molecule has 0 radical (unpaired) electrons. The van der Waals surface area contributed by atoms with Crippen molar-refractivity contribution in [2.75, 3.05) is 0 Å². The Morgan fingerprint density at radius 2 is 2.04 bits per heavy atom. The Kier molecular flexibility index (Phi) is 3.86. The number of halogens is 5. The summed E-state index contributed by atoms with van der Waals surface area (Å²) in [4.78, 5) is 0. The van der Waals surface area contributed by atoms with Gasteiger partial charge in [0.1, 0.15) is 17.3 Å². The molecule has 2 heterocycles. The van der Waals surface area contributed by atoms with Crippen LogP contribution in [0.4, 0.5) is 13.2 Å². The molecular weight excluding hydrogens is 368 g/mol. The average Bonchev–Trinajstić information content (AvgIpc) is 2.89. The number of ether oxygens (including phenoxy) is 1. The number of H-pyrrole nitrogens is 1. The summed E-state index contributed by atoms with van der Waals surface area (Å²) in [7, 11) is 0. The third-order valence-electron chi connectivity index (χ3n) is 3.50. The van der Waals surface area contributed by atoms with Gasteiger partial charge in [-0.3, -0.25) is 5.10 Å². The molecule has 1 aliphatic heterocycles. The molecule has 0 bridgehead atoms. The van der Waals surface area contributed by atoms with E-state index < -0.39 is 17.8 Å². The van der Waals surface area contributed by atoms with Gasteiger partial charge in [-0.25, -0.2) is 0 Å². The highest BCUT2D eigenvalue weighted by Crippen LogP contribution is 2.48. The summed E-state index contributed by atoms with van der Waals surface area (Å²) in [6.07, 6.45) is -4.73. The van der Waals surface area contributed by atoms with E-state index in [0.29, 0.717) is 5.02 Å². The van der Waals surface area contributed by atoms with Gasteiger partial charge in [-0.15, -0.1) is 5.10 Å². The second-order valence-corrected chi connectivity index (χ2v) is 5.75. The van der Waals surface area contributed by atoms with Crippen LogP contribution in [0, 0.1) is 11.3 Å². The Bertz CT molecular complexity index is 898. The molecule has 1 aromatic carbocycles. The second-order valence-electron chi connectivity index (χ2n) is 4.91. The Labute approximate surface area is 143 Å². The first-order valence-electron chi connectivity index (χ1n) is 6.42. The van der Waals surface area contributed by atoms with E-state index in [0.717, 1.165) is 0 Å². The number of nitriles is 1. The number of hydrogen-bond acceptors (Lipinski definition) is 4. The summed E-state index contributed by atoms with van der Waals surface area (Å²) in [5.41, 5.74) is 4.22. The molecule has 3 N–H and O–H groups in total. The van der Waals surface area contributed by atoms with Gasteiger partial charge in [0.15, 0.2) is 0 Å². The molecule has 2 aromatic rings. The number of fused-ring (bicyclic) bond motifs is 1. The molecule has 1 atom stereocenters. The van der Waals surface area contributed by atoms with Gasteiger partial charge in [-0.2, -0.15) is 18.4 Å². The first-order valence-corrected chi connectivity index (χ1v) is 7.17. The summed E-state index contributed by atoms with van der Waals surface area (Å²) < 4.78 is 44.9. The highest BCUT2D eigenvalue weighted by Gasteiger charge is 2.44. The maximum absolute atomic E-state index is 13.3. The lowest BCUT2D eigenvalue weighted by Crippen LogP contribution is -2.23. The third-order valence-corrected chi connectivity index (χ3v) is 4.06. The Hall–Kier alpha value is -2.37. The summed E-state index contributed by atoms with van der Waals surface area (Å²) in [6, 6.07) is 6.04. The summed E-state index contributed by atoms with van der Waals surface area (Å²) >= 11 is 12.0. The largest absolute Gasteiger partial charge is 0.433 e. The van der Waals surface area contributed by atoms with E-state index in [1.165, 1.54) is 18.2 Å². The number of rotatable bonds is 1. The Balaban J connectivity index is 2.31. The zero-order chi connectivity index (χ0) is 17.6. The van der Waals surface area contributed by atoms with Crippen LogP contribution in [0.5, 0.6) is 5.88 Å². The van der Waals surface area contributed by atoms with Gasteiger partial charge < -0.3 is 10.5 Å². The van der Waals surface area contributed by atoms with E-state index in [9.17, 15) is 18.4 Å². The Morgan fingerprint density at radius 3 is 2.62 bits per heavy atom. The zero-order valence-electron chi connectivity index (χ0n) is 11.6. The molecule has 0 unspecified atom stereocenters. The zero-order valence-corrected chi connectivity index (χ0v) is 13.1. The number of nitrogens with zero attached hydrogens (tertiary/aromatic N) is 2. The summed E-state index contributed by atoms with van der Waals surface area (Å²) in [6.45, 7) is 0. The predicted molar refractivity (Wildman–Crippen MR) is 79.3 cm³/mol. The van der Waals surface area contributed by atoms with Crippen molar-refractivity contribution >= 4 is 23.2 Å². The molecule has 3 rings (SSSR count). The average molecular weight is 375 g/mol. The van der Waals surface area contributed by atoms with Crippen LogP contribution in [0.25, 0.3) is 0 Å². The van der Waals surface area contributed by atoms with Crippen LogP contribution in [0.2, 0.25) is 10.0 Å². The maximum Gasteiger partial charge on any atom is 0.433 e. The van der Waals surface area contributed by atoms with E-state index in [1.54, 1.807) is 6.07 Å². The molecule has 124 valence electrons. The van der Waals surface area contributed by atoms with Gasteiger partial charge in [-0.05, 0) is 17.7 Å². The fraction of sp³-hybridized carbons (Fsp3) is 0.143. The number of aromatic amines is 1. The van der Waals surface area contributed by atoms with Gasteiger partial charge in [-0.1, -0.05) is 29.3 Å². The van der Waals surface area contributed by atoms with Crippen LogP contribution in [0.15, 0.2) is 29.7 Å². The topological polar surface area (TPSA) is 87.7 Å². The van der Waals surface area contributed by atoms with E-state index in [4.69, 9.17) is 33.7 Å². The van der Waals surface area contributed by atoms with E-state index in [2.05, 4.69) is 5.10 Å². The van der Waals surface area contributed by atoms with E-state index in [1.807, 2.05) is 5.10 Å². The summed E-state index contributed by atoms with van der Waals surface area (Å²) in [5, 5.41) is 15.1. The van der Waals surface area contributed by atoms with E-state index in [-0.39, 0.29) is 33.5 Å². The van der Waals surface area contributed by atoms with Crippen molar-refractivity contribution in [2.24, 2.45) is 5.73 Å². The number of benzene rings is 1. The normalized spacial score (nSPS) is 17.2. The van der Waals surface area contributed by atoms with E-state index >= 15 is 0 Å². The molecule has 0 amide bonds. The quantitative estimate of drug-likeness (QED) is 0.790. The van der Waals surface area contributed by atoms with Gasteiger partial charge in [0.05, 0.1) is 11.5 Å². The van der Waals surface area contributed by atoms with Gasteiger partial charge in [0, 0.05) is 10.0 Å². The molecule has 0 saturated carbocycles. The third kappa shape index (κ3) is 2.56. The lowest BCUT2D eigenvalue weighted by atomic mass is 9.84. The van der Waals surface area contributed by atoms with Gasteiger partial charge >= 0.3 is 6.18 Å². The first-order chi connectivity index (χ1) is 11.2. The molecule has 24 heavy (non-hydrogen) atoms. The molecule has 10 heteroatoms. The molecular formula is C14H7Cl2F3N4O. The Morgan fingerprint density at radius 1 is 1.33 bits per heavy atom. The number of allylic oxidation sites excluding steroid dienone is 1. The number of nitrogens with two attached hydrogens (primary N) is 1. The van der Waals surface area contributed by atoms with Crippen LogP contribution in [0.1, 0.15) is 22.7 Å². The molecule has 1 aromatic heterocycles. The molecule has 0 fully saturated rings. The van der Waals surface area contributed by atoms with Crippen LogP contribution >= 0.6 is 23.2 Å². The number of nitrogens with one attached hydrogen (secondary N) is 1. The minimum absolute atomic E-state index is 0.0928. The highest BCUT2D eigenvalue weighted by atomic mass is 35.5. The maximum atomic E-state index is 13.3. The van der Waals surface area contributed by atoms with Crippen molar-refractivity contribution in [3.05, 3.63) is 56.5 Å². The monoisotopic (exact) mass is 374 g/mol. The lowest BCUT2D eigenvalue weighted by Gasteiger charge is -2.25. The van der Waals surface area contributed by atoms with Crippen molar-refractivity contribution in [1.82, 2.24) is 10.2 Å². The minimum Gasteiger partial charge on any atom is -0.420 e. The smallest absolute Gasteiger partial charge is 0.420 e. The van der Waals surface area contributed by atoms with Crippen LogP contribution < -0.4 is 10.5 Å². The highest BCUT2D eigenvalue weighted by molar-refractivity contribution is 6.35. The fourth-order valence-electron chi connectivity index (χ4n) is 2.51. The standard InChI is InChI=1S/C14H7Cl2F3N4O/c15-5-1-2-6(8(16)3-5)9-7(4-20)12(21)24-13-10(9)11(22-23-13)14(17,18)19/h1-3,9H,21H2,(H,22,23)/t9-/m1/s1. The van der Waals surface area contributed by atoms with Crippen LogP contribution in [-0.4, -0.2) is 10.2 Å². The fourth-order valence-corrected chi connectivity index (χ4v) is 3.03. The lowest BCUT2D eigenvalue weighted by molar-refractivity contribution is -0.141. The van der Waals surface area contributed by atoms with Gasteiger partial charge in [0.25, 0.3) is 0 Å². The second kappa shape index (κ2) is 5.61. The molecule has 5 nitrogen and oxygen atoms in total. The molecule has 0 saturated heterocycles. The van der Waals surface area contributed by atoms with Crippen molar-refractivity contribution < 1.29 is 17.9 Å². The number of aromatic nitrogens is 2. The SMILES string of the molecule is N#CC1=C(N)Oc2n[nH]c(C(F)(F)F)c2[C@@H]1c1ccc(Cl)cc1Cl. The number of alkyl halides is 3. The van der Waals surface area contributed by atoms with Crippen molar-refractivity contribution in [1.29, 1.82) is 5.26 Å². The summed E-state index contributed by atoms with van der Waals surface area (Å²) in [5.74, 6) is -1.87. The predicted octanol–water partition coefficient (Wildman–Crippen LogP) is 3.95. The number of hydrogen-bond donors (Lipinski definition) is 2. The van der Waals surface area contributed by atoms with Crippen molar-refractivity contribution in [3.8, 4) is 11.9 Å². The van der Waals surface area contributed by atoms with Crippen molar-refractivity contribution in [3.63, 3.8) is 0 Å². The first kappa shape index (κ1) is 16.5. The van der Waals surface area contributed by atoms with Crippen LogP contribution in [-0.2, 0) is 6.18 Å². The van der Waals surface area contributed by atoms with Crippen molar-refractivity contribution in [2.45, 2.75) is 12.1 Å². The van der Waals surface area contributed by atoms with Crippen LogP contribution in [0.3, 0.4) is 0 Å². The minimum atomic E-state index is -4.73. The molecule has 0 aliphatic carbocycles.